The van der Waals surface area contributed by atoms with Gasteiger partial charge >= 0.3 is 6.03 Å². The van der Waals surface area contributed by atoms with Gasteiger partial charge in [0.15, 0.2) is 0 Å². The fourth-order valence-electron chi connectivity index (χ4n) is 5.43. The van der Waals surface area contributed by atoms with Gasteiger partial charge in [-0.05, 0) is 99.8 Å². The van der Waals surface area contributed by atoms with Crippen molar-refractivity contribution in [2.24, 2.45) is 5.92 Å². The van der Waals surface area contributed by atoms with E-state index < -0.39 is 51.7 Å². The number of fused-ring (bicyclic) bond motifs is 1. The zero-order valence-electron chi connectivity index (χ0n) is 28.1. The van der Waals surface area contributed by atoms with Gasteiger partial charge in [0.05, 0.1) is 35.3 Å². The second-order valence-electron chi connectivity index (χ2n) is 12.3. The van der Waals surface area contributed by atoms with Gasteiger partial charge in [-0.2, -0.15) is 4.31 Å². The molecule has 49 heavy (non-hydrogen) atoms. The van der Waals surface area contributed by atoms with Crippen LogP contribution in [0.2, 0.25) is 0 Å². The highest BCUT2D eigenvalue weighted by Crippen LogP contribution is 2.29. The maximum Gasteiger partial charge on any atom is 0.323 e. The lowest BCUT2D eigenvalue weighted by Gasteiger charge is -2.35. The number of urea groups is 1. The van der Waals surface area contributed by atoms with Crippen LogP contribution in [0.4, 0.5) is 25.0 Å². The second kappa shape index (κ2) is 17.0. The molecule has 0 saturated heterocycles. The minimum Gasteiger partial charge on any atom is -0.490 e. The molecular formula is C35H44F2N4O7S. The summed E-state index contributed by atoms with van der Waals surface area (Å²) >= 11 is 0. The molecule has 0 radical (unpaired) electrons. The lowest BCUT2D eigenvalue weighted by Crippen LogP contribution is -2.48. The Balaban J connectivity index is 1.62. The van der Waals surface area contributed by atoms with Crippen LogP contribution in [-0.4, -0.2) is 86.3 Å². The van der Waals surface area contributed by atoms with E-state index in [1.807, 2.05) is 13.8 Å². The molecule has 3 N–H and O–H groups in total. The van der Waals surface area contributed by atoms with Gasteiger partial charge < -0.3 is 30.1 Å². The van der Waals surface area contributed by atoms with E-state index in [1.54, 1.807) is 19.1 Å². The number of ether oxygens (including phenoxy) is 2. The number of rotatable bonds is 8. The van der Waals surface area contributed by atoms with Crippen molar-refractivity contribution < 1.29 is 41.4 Å². The lowest BCUT2D eigenvalue weighted by atomic mass is 10.0. The van der Waals surface area contributed by atoms with Crippen LogP contribution >= 0.6 is 0 Å². The number of benzene rings is 3. The summed E-state index contributed by atoms with van der Waals surface area (Å²) in [6.45, 7) is 5.47. The van der Waals surface area contributed by atoms with E-state index in [4.69, 9.17) is 9.47 Å². The molecule has 0 spiro atoms. The van der Waals surface area contributed by atoms with Gasteiger partial charge in [0.25, 0.3) is 5.91 Å². The summed E-state index contributed by atoms with van der Waals surface area (Å²) in [6, 6.07) is 13.3. The van der Waals surface area contributed by atoms with E-state index in [0.29, 0.717) is 36.6 Å². The van der Waals surface area contributed by atoms with Gasteiger partial charge in [-0.25, -0.2) is 22.0 Å². The van der Waals surface area contributed by atoms with E-state index >= 15 is 0 Å². The van der Waals surface area contributed by atoms with Gasteiger partial charge in [0, 0.05) is 44.0 Å². The Morgan fingerprint density at radius 3 is 2.27 bits per heavy atom. The van der Waals surface area contributed by atoms with Gasteiger partial charge in [0.2, 0.25) is 10.0 Å². The molecule has 3 amide bonds. The SMILES string of the molecule is C[C@@H]1CN([C@H](C)CO)C(=O)c2cc(NC(=O)Nc3ccc(F)cc3)ccc2O[C@@H](C)CCCCO[C@@H]1CN(C)S(=O)(=O)c1ccc(F)cc1. The number of halogens is 2. The summed E-state index contributed by atoms with van der Waals surface area (Å²) in [5, 5.41) is 15.5. The summed E-state index contributed by atoms with van der Waals surface area (Å²) in [7, 11) is -2.55. The van der Waals surface area contributed by atoms with Crippen molar-refractivity contribution >= 4 is 33.3 Å². The van der Waals surface area contributed by atoms with E-state index in [2.05, 4.69) is 10.6 Å². The Bertz CT molecular complexity index is 1680. The van der Waals surface area contributed by atoms with E-state index in [1.165, 1.54) is 54.4 Å². The standard InChI is InChI=1S/C35H44F2N4O7S/c1-23-20-41(24(2)22-42)34(43)31-19-29(39-35(44)38-28-12-8-26(36)9-13-28)14-17-32(31)48-25(3)7-5-6-18-47-33(23)21-40(4)49(45,46)30-15-10-27(37)11-16-30/h8-17,19,23-25,33,42H,5-7,18,20-22H2,1-4H3,(H2,38,39,44)/t23-,24-,25+,33-/m1/s1. The van der Waals surface area contributed by atoms with Gasteiger partial charge in [-0.15, -0.1) is 0 Å². The number of anilines is 2. The molecule has 0 saturated carbocycles. The minimum atomic E-state index is -3.98. The largest absolute Gasteiger partial charge is 0.490 e. The third kappa shape index (κ3) is 10.2. The normalized spacial score (nSPS) is 20.1. The maximum atomic E-state index is 14.3. The van der Waals surface area contributed by atoms with Crippen LogP contribution in [0.5, 0.6) is 5.75 Å². The van der Waals surface area contributed by atoms with Gasteiger partial charge in [0.1, 0.15) is 17.4 Å². The number of carbonyl (C=O) groups is 2. The minimum absolute atomic E-state index is 0.0379. The molecule has 1 aliphatic rings. The van der Waals surface area contributed by atoms with E-state index in [0.717, 1.165) is 22.9 Å². The zero-order chi connectivity index (χ0) is 35.7. The van der Waals surface area contributed by atoms with Crippen molar-refractivity contribution in [3.8, 4) is 5.75 Å². The topological polar surface area (TPSA) is 138 Å². The molecule has 1 aliphatic heterocycles. The first kappa shape index (κ1) is 37.7. The number of aliphatic hydroxyl groups excluding tert-OH is 1. The maximum absolute atomic E-state index is 14.3. The number of likely N-dealkylation sites (N-methyl/N-ethyl adjacent to an activating group) is 1. The quantitative estimate of drug-likeness (QED) is 0.273. The van der Waals surface area contributed by atoms with Crippen LogP contribution in [-0.2, 0) is 14.8 Å². The summed E-state index contributed by atoms with van der Waals surface area (Å²) in [5.74, 6) is -1.57. The number of nitrogens with zero attached hydrogens (tertiary/aromatic N) is 2. The summed E-state index contributed by atoms with van der Waals surface area (Å²) in [6.07, 6.45) is 1.15. The molecule has 4 atom stereocenters. The molecular weight excluding hydrogens is 658 g/mol. The molecule has 0 aliphatic carbocycles. The first-order valence-corrected chi connectivity index (χ1v) is 17.6. The monoisotopic (exact) mass is 702 g/mol. The highest BCUT2D eigenvalue weighted by Gasteiger charge is 2.32. The fraction of sp³-hybridized carbons (Fsp3) is 0.429. The molecule has 0 aromatic heterocycles. The first-order valence-electron chi connectivity index (χ1n) is 16.2. The number of carbonyl (C=O) groups excluding carboxylic acids is 2. The summed E-state index contributed by atoms with van der Waals surface area (Å²) < 4.78 is 67.1. The van der Waals surface area contributed by atoms with Gasteiger partial charge in [-0.1, -0.05) is 6.92 Å². The van der Waals surface area contributed by atoms with Crippen molar-refractivity contribution in [2.75, 3.05) is 44.0 Å². The Kier molecular flexibility index (Phi) is 13.1. The Labute approximate surface area is 286 Å². The van der Waals surface area contributed by atoms with Crippen molar-refractivity contribution in [1.82, 2.24) is 9.21 Å². The summed E-state index contributed by atoms with van der Waals surface area (Å²) in [5.41, 5.74) is 0.822. The van der Waals surface area contributed by atoms with Crippen LogP contribution in [0.25, 0.3) is 0 Å². The Morgan fingerprint density at radius 2 is 1.61 bits per heavy atom. The van der Waals surface area contributed by atoms with Crippen LogP contribution in [0.1, 0.15) is 50.4 Å². The molecule has 11 nitrogen and oxygen atoms in total. The van der Waals surface area contributed by atoms with Crippen molar-refractivity contribution in [2.45, 2.75) is 63.2 Å². The average molecular weight is 703 g/mol. The van der Waals surface area contributed by atoms with Crippen LogP contribution in [0.3, 0.4) is 0 Å². The molecule has 0 unspecified atom stereocenters. The van der Waals surface area contributed by atoms with Crippen molar-refractivity contribution in [1.29, 1.82) is 0 Å². The van der Waals surface area contributed by atoms with Crippen molar-refractivity contribution in [3.05, 3.63) is 83.9 Å². The van der Waals surface area contributed by atoms with Crippen LogP contribution in [0.15, 0.2) is 71.6 Å². The summed E-state index contributed by atoms with van der Waals surface area (Å²) in [4.78, 5) is 28.5. The van der Waals surface area contributed by atoms with E-state index in [-0.39, 0.29) is 36.3 Å². The molecule has 0 fully saturated rings. The molecule has 1 heterocycles. The number of nitrogens with one attached hydrogen (secondary N) is 2. The third-order valence-corrected chi connectivity index (χ3v) is 10.2. The number of hydrogen-bond acceptors (Lipinski definition) is 7. The third-order valence-electron chi connectivity index (χ3n) is 8.37. The number of amides is 3. The fourth-order valence-corrected chi connectivity index (χ4v) is 6.61. The molecule has 3 aromatic rings. The molecule has 266 valence electrons. The lowest BCUT2D eigenvalue weighted by molar-refractivity contribution is -0.00834. The molecule has 4 rings (SSSR count). The number of hydrogen-bond donors (Lipinski definition) is 3. The van der Waals surface area contributed by atoms with Gasteiger partial charge in [-0.3, -0.25) is 4.79 Å². The highest BCUT2D eigenvalue weighted by atomic mass is 32.2. The Morgan fingerprint density at radius 1 is 1.00 bits per heavy atom. The van der Waals surface area contributed by atoms with Crippen molar-refractivity contribution in [3.63, 3.8) is 0 Å². The first-order chi connectivity index (χ1) is 23.3. The van der Waals surface area contributed by atoms with Crippen LogP contribution in [0, 0.1) is 17.6 Å². The number of sulfonamides is 1. The smallest absolute Gasteiger partial charge is 0.323 e. The van der Waals surface area contributed by atoms with E-state index in [9.17, 15) is 31.9 Å². The zero-order valence-corrected chi connectivity index (χ0v) is 28.9. The Hall–Kier alpha value is -4.11. The molecule has 0 bridgehead atoms. The average Bonchev–Trinajstić information content (AvgIpc) is 3.07. The molecule has 14 heteroatoms. The molecule has 3 aromatic carbocycles. The second-order valence-corrected chi connectivity index (χ2v) is 14.4. The highest BCUT2D eigenvalue weighted by molar-refractivity contribution is 7.89. The van der Waals surface area contributed by atoms with Crippen LogP contribution < -0.4 is 15.4 Å². The predicted octanol–water partition coefficient (Wildman–Crippen LogP) is 5.73. The predicted molar refractivity (Wildman–Crippen MR) is 182 cm³/mol. The number of aliphatic hydroxyl groups is 1.